The van der Waals surface area contributed by atoms with Crippen molar-refractivity contribution in [1.82, 2.24) is 0 Å². The third-order valence-corrected chi connectivity index (χ3v) is 6.43. The van der Waals surface area contributed by atoms with Crippen LogP contribution in [0.5, 0.6) is 0 Å². The van der Waals surface area contributed by atoms with E-state index in [1.807, 2.05) is 26.0 Å². The summed E-state index contributed by atoms with van der Waals surface area (Å²) in [6, 6.07) is 14.5. The van der Waals surface area contributed by atoms with Crippen molar-refractivity contribution in [2.24, 2.45) is 0 Å². The number of rotatable bonds is 4. The van der Waals surface area contributed by atoms with Crippen LogP contribution < -0.4 is 5.32 Å². The number of anilines is 1. The second-order valence-corrected chi connectivity index (χ2v) is 9.18. The fourth-order valence-corrected chi connectivity index (χ4v) is 5.49. The van der Waals surface area contributed by atoms with Crippen LogP contribution in [0.1, 0.15) is 36.3 Å². The lowest BCUT2D eigenvalue weighted by molar-refractivity contribution is 1.32. The second-order valence-electron chi connectivity index (χ2n) is 6.44. The van der Waals surface area contributed by atoms with Crippen molar-refractivity contribution in [2.45, 2.75) is 26.7 Å². The van der Waals surface area contributed by atoms with Gasteiger partial charge in [-0.25, -0.2) is 0 Å². The standard InChI is InChI=1S/C24H17Br2NS.C2H6/c1-16(17-12-18(25)14-19(26)13-17)27-23-10-7-6-8-20(23)22-15-28-24-11-5-3-2-4-9-21(22)24;1-2/h5-8,10-15,27H,1,3,9H2;1-2H3/b11-5-;. The highest BCUT2D eigenvalue weighted by Crippen LogP contribution is 2.38. The maximum absolute atomic E-state index is 4.26. The molecule has 4 rings (SSSR count). The van der Waals surface area contributed by atoms with Gasteiger partial charge in [-0.15, -0.1) is 11.3 Å². The van der Waals surface area contributed by atoms with Crippen LogP contribution >= 0.6 is 43.2 Å². The van der Waals surface area contributed by atoms with Crippen LogP contribution in [0.4, 0.5) is 5.69 Å². The molecule has 1 aliphatic rings. The Morgan fingerprint density at radius 1 is 1.03 bits per heavy atom. The molecule has 152 valence electrons. The molecular weight excluding hydrogens is 518 g/mol. The Kier molecular flexibility index (Phi) is 8.16. The Morgan fingerprint density at radius 2 is 1.77 bits per heavy atom. The van der Waals surface area contributed by atoms with Gasteiger partial charge in [0.2, 0.25) is 0 Å². The van der Waals surface area contributed by atoms with Gasteiger partial charge in [-0.1, -0.05) is 88.4 Å². The van der Waals surface area contributed by atoms with E-state index in [4.69, 9.17) is 0 Å². The van der Waals surface area contributed by atoms with Gasteiger partial charge in [0.15, 0.2) is 0 Å². The quantitative estimate of drug-likeness (QED) is 0.325. The monoisotopic (exact) mass is 539 g/mol. The van der Waals surface area contributed by atoms with Crippen LogP contribution in [0.25, 0.3) is 22.9 Å². The van der Waals surface area contributed by atoms with E-state index in [2.05, 4.69) is 103 Å². The Balaban J connectivity index is 0.00000124. The predicted octanol–water partition coefficient (Wildman–Crippen LogP) is 9.01. The number of benzene rings is 2. The molecular formula is C26H23Br2NS. The van der Waals surface area contributed by atoms with E-state index in [1.54, 1.807) is 11.3 Å². The lowest BCUT2D eigenvalue weighted by Crippen LogP contribution is -2.00. The van der Waals surface area contributed by atoms with Gasteiger partial charge >= 0.3 is 0 Å². The number of thiophene rings is 1. The molecule has 1 aromatic heterocycles. The van der Waals surface area contributed by atoms with E-state index in [-0.39, 0.29) is 0 Å². The molecule has 0 saturated carbocycles. The average Bonchev–Trinajstić information content (AvgIpc) is 3.10. The molecule has 0 spiro atoms. The zero-order valence-corrected chi connectivity index (χ0v) is 21.0. The van der Waals surface area contributed by atoms with Crippen molar-refractivity contribution in [3.05, 3.63) is 85.4 Å². The zero-order valence-electron chi connectivity index (χ0n) is 17.1. The molecule has 3 aromatic rings. The van der Waals surface area contributed by atoms with Gasteiger partial charge in [0.25, 0.3) is 0 Å². The first-order chi connectivity index (χ1) is 14.6. The van der Waals surface area contributed by atoms with E-state index < -0.39 is 0 Å². The number of hydrogen-bond donors (Lipinski definition) is 1. The minimum Gasteiger partial charge on any atom is -0.355 e. The molecule has 0 amide bonds. The molecule has 1 nitrogen and oxygen atoms in total. The van der Waals surface area contributed by atoms with Gasteiger partial charge in [0.05, 0.1) is 0 Å². The normalized spacial score (nSPS) is 12.8. The van der Waals surface area contributed by atoms with E-state index in [9.17, 15) is 0 Å². The lowest BCUT2D eigenvalue weighted by Gasteiger charge is -2.15. The molecule has 1 N–H and O–H groups in total. The highest BCUT2D eigenvalue weighted by molar-refractivity contribution is 9.11. The first-order valence-corrected chi connectivity index (χ1v) is 12.3. The zero-order chi connectivity index (χ0) is 21.5. The molecule has 1 heterocycles. The third kappa shape index (κ3) is 5.35. The molecule has 1 aliphatic carbocycles. The minimum atomic E-state index is 0.784. The Labute approximate surface area is 200 Å². The molecule has 4 heteroatoms. The van der Waals surface area contributed by atoms with Crippen LogP contribution in [0.2, 0.25) is 0 Å². The third-order valence-electron chi connectivity index (χ3n) is 4.52. The fourth-order valence-electron chi connectivity index (χ4n) is 3.18. The number of hydrogen-bond acceptors (Lipinski definition) is 2. The summed E-state index contributed by atoms with van der Waals surface area (Å²) in [5.74, 6) is 6.50. The van der Waals surface area contributed by atoms with E-state index in [1.165, 1.54) is 21.6 Å². The molecule has 0 fully saturated rings. The van der Waals surface area contributed by atoms with E-state index in [0.29, 0.717) is 0 Å². The summed E-state index contributed by atoms with van der Waals surface area (Å²) in [7, 11) is 0. The van der Waals surface area contributed by atoms with Crippen LogP contribution in [-0.4, -0.2) is 0 Å². The van der Waals surface area contributed by atoms with E-state index in [0.717, 1.165) is 38.7 Å². The van der Waals surface area contributed by atoms with Crippen molar-refractivity contribution >= 4 is 60.7 Å². The Hall–Kier alpha value is -2.06. The number of allylic oxidation sites excluding steroid dienone is 1. The molecule has 0 bridgehead atoms. The van der Waals surface area contributed by atoms with Crippen LogP contribution in [-0.2, 0) is 6.42 Å². The fraction of sp³-hybridized carbons (Fsp3) is 0.154. The smallest absolute Gasteiger partial charge is 0.0464 e. The highest BCUT2D eigenvalue weighted by Gasteiger charge is 2.15. The maximum atomic E-state index is 4.26. The van der Waals surface area contributed by atoms with Crippen molar-refractivity contribution in [2.75, 3.05) is 5.32 Å². The first kappa shape index (κ1) is 22.6. The van der Waals surface area contributed by atoms with Crippen molar-refractivity contribution in [1.29, 1.82) is 0 Å². The molecule has 0 aliphatic heterocycles. The van der Waals surface area contributed by atoms with Gasteiger partial charge < -0.3 is 5.32 Å². The first-order valence-electron chi connectivity index (χ1n) is 9.86. The number of nitrogens with one attached hydrogen (secondary N) is 1. The van der Waals surface area contributed by atoms with Crippen LogP contribution in [0, 0.1) is 11.8 Å². The van der Waals surface area contributed by atoms with Gasteiger partial charge in [0.1, 0.15) is 0 Å². The van der Waals surface area contributed by atoms with Crippen molar-refractivity contribution in [3.8, 4) is 23.0 Å². The Morgan fingerprint density at radius 3 is 2.53 bits per heavy atom. The summed E-state index contributed by atoms with van der Waals surface area (Å²) >= 11 is 8.88. The number of halogens is 2. The van der Waals surface area contributed by atoms with Crippen molar-refractivity contribution < 1.29 is 0 Å². The lowest BCUT2D eigenvalue weighted by atomic mass is 9.98. The summed E-state index contributed by atoms with van der Waals surface area (Å²) in [6.07, 6.45) is 5.95. The van der Waals surface area contributed by atoms with Gasteiger partial charge in [0, 0.05) is 43.6 Å². The van der Waals surface area contributed by atoms with Crippen LogP contribution in [0.3, 0.4) is 0 Å². The van der Waals surface area contributed by atoms with E-state index >= 15 is 0 Å². The summed E-state index contributed by atoms with van der Waals surface area (Å²) in [4.78, 5) is 1.30. The molecule has 0 unspecified atom stereocenters. The maximum Gasteiger partial charge on any atom is 0.0464 e. The number of para-hydroxylation sites is 1. The molecule has 30 heavy (non-hydrogen) atoms. The van der Waals surface area contributed by atoms with Crippen molar-refractivity contribution in [3.63, 3.8) is 0 Å². The average molecular weight is 541 g/mol. The number of fused-ring (bicyclic) bond motifs is 1. The summed E-state index contributed by atoms with van der Waals surface area (Å²) in [5, 5.41) is 5.76. The molecule has 0 saturated heterocycles. The highest BCUT2D eigenvalue weighted by atomic mass is 79.9. The second kappa shape index (κ2) is 10.8. The minimum absolute atomic E-state index is 0.784. The summed E-state index contributed by atoms with van der Waals surface area (Å²) in [6.45, 7) is 8.26. The summed E-state index contributed by atoms with van der Waals surface area (Å²) < 4.78 is 2.02. The summed E-state index contributed by atoms with van der Waals surface area (Å²) in [5.41, 5.74) is 6.65. The largest absolute Gasteiger partial charge is 0.355 e. The molecule has 2 aromatic carbocycles. The van der Waals surface area contributed by atoms with Gasteiger partial charge in [-0.3, -0.25) is 0 Å². The Bertz CT molecular complexity index is 1130. The van der Waals surface area contributed by atoms with Gasteiger partial charge in [-0.05, 0) is 52.4 Å². The molecule has 0 atom stereocenters. The topological polar surface area (TPSA) is 12.0 Å². The van der Waals surface area contributed by atoms with Crippen LogP contribution in [0.15, 0.2) is 69.4 Å². The molecule has 0 radical (unpaired) electrons. The SMILES string of the molecule is C=C(Nc1ccccc1-c1csc2c1CC#CC/C=C\2)c1cc(Br)cc(Br)c1.CC. The predicted molar refractivity (Wildman–Crippen MR) is 141 cm³/mol. The van der Waals surface area contributed by atoms with Gasteiger partial charge in [-0.2, -0.15) is 0 Å².